The highest BCUT2D eigenvalue weighted by molar-refractivity contribution is 5.76. The maximum Gasteiger partial charge on any atom is 0.513 e. The van der Waals surface area contributed by atoms with Gasteiger partial charge in [-0.15, -0.1) is 0 Å². The van der Waals surface area contributed by atoms with E-state index in [0.717, 1.165) is 0 Å². The minimum atomic E-state index is -0.971. The van der Waals surface area contributed by atoms with Crippen LogP contribution in [0.3, 0.4) is 0 Å². The van der Waals surface area contributed by atoms with Crippen molar-refractivity contribution in [1.29, 1.82) is 0 Å². The van der Waals surface area contributed by atoms with Gasteiger partial charge in [-0.2, -0.15) is 0 Å². The van der Waals surface area contributed by atoms with Crippen molar-refractivity contribution in [2.45, 2.75) is 54.0 Å². The van der Waals surface area contributed by atoms with Gasteiger partial charge < -0.3 is 33.7 Å². The Balaban J connectivity index is 3.01. The number of hydrogen-bond donors (Lipinski definition) is 1. The zero-order chi connectivity index (χ0) is 28.0. The van der Waals surface area contributed by atoms with Gasteiger partial charge >= 0.3 is 24.2 Å². The van der Waals surface area contributed by atoms with Crippen molar-refractivity contribution in [3.63, 3.8) is 0 Å². The van der Waals surface area contributed by atoms with Crippen molar-refractivity contribution in [1.82, 2.24) is 5.32 Å². The molecular weight excluding hydrogens is 486 g/mol. The zero-order valence-corrected chi connectivity index (χ0v) is 22.7. The lowest BCUT2D eigenvalue weighted by atomic mass is 10.1. The maximum atomic E-state index is 12.3. The molecule has 0 aliphatic rings. The van der Waals surface area contributed by atoms with Crippen molar-refractivity contribution in [2.75, 3.05) is 33.5 Å². The molecule has 37 heavy (non-hydrogen) atoms. The van der Waals surface area contributed by atoms with Crippen LogP contribution in [0.25, 0.3) is 0 Å². The van der Waals surface area contributed by atoms with Crippen LogP contribution in [0.4, 0.5) is 9.59 Å². The van der Waals surface area contributed by atoms with Gasteiger partial charge in [-0.3, -0.25) is 9.59 Å². The predicted molar refractivity (Wildman–Crippen MR) is 133 cm³/mol. The smallest absolute Gasteiger partial charge is 0.468 e. The lowest BCUT2D eigenvalue weighted by Gasteiger charge is -2.18. The number of esters is 2. The summed E-state index contributed by atoms with van der Waals surface area (Å²) < 4.78 is 30.6. The lowest BCUT2D eigenvalue weighted by molar-refractivity contribution is -0.147. The first-order chi connectivity index (χ1) is 17.4. The number of methoxy groups -OCH3 is 1. The zero-order valence-electron chi connectivity index (χ0n) is 22.7. The van der Waals surface area contributed by atoms with Crippen molar-refractivity contribution in [3.8, 4) is 11.5 Å². The molecule has 0 unspecified atom stereocenters. The molecule has 0 spiro atoms. The Morgan fingerprint density at radius 3 is 1.86 bits per heavy atom. The van der Waals surface area contributed by atoms with Gasteiger partial charge in [0, 0.05) is 6.54 Å². The van der Waals surface area contributed by atoms with E-state index in [4.69, 9.17) is 28.4 Å². The maximum absolute atomic E-state index is 12.3. The average molecular weight is 526 g/mol. The summed E-state index contributed by atoms with van der Waals surface area (Å²) >= 11 is 0. The molecule has 0 aliphatic heterocycles. The Bertz CT molecular complexity index is 897. The van der Waals surface area contributed by atoms with E-state index in [-0.39, 0.29) is 68.0 Å². The number of hydrogen-bond acceptors (Lipinski definition) is 11. The summed E-state index contributed by atoms with van der Waals surface area (Å²) in [5.41, 5.74) is 0.566. The molecule has 0 aromatic heterocycles. The van der Waals surface area contributed by atoms with Gasteiger partial charge in [0.1, 0.15) is 12.6 Å². The molecule has 1 aromatic rings. The van der Waals surface area contributed by atoms with Crippen LogP contribution in [0.15, 0.2) is 18.2 Å². The molecule has 0 bridgehead atoms. The minimum absolute atomic E-state index is 0.0535. The summed E-state index contributed by atoms with van der Waals surface area (Å²) in [5, 5.41) is 2.99. The van der Waals surface area contributed by atoms with Gasteiger partial charge in [0.15, 0.2) is 11.5 Å². The van der Waals surface area contributed by atoms with Crippen molar-refractivity contribution in [2.24, 2.45) is 17.8 Å². The number of benzene rings is 1. The third kappa shape index (κ3) is 13.0. The fourth-order valence-electron chi connectivity index (χ4n) is 2.72. The topological polar surface area (TPSA) is 136 Å². The van der Waals surface area contributed by atoms with E-state index in [2.05, 4.69) is 5.32 Å². The quantitative estimate of drug-likeness (QED) is 0.164. The molecule has 0 radical (unpaired) electrons. The summed E-state index contributed by atoms with van der Waals surface area (Å²) in [6, 6.07) is 3.70. The number of rotatable bonds is 14. The van der Waals surface area contributed by atoms with Gasteiger partial charge in [-0.1, -0.05) is 47.6 Å². The van der Waals surface area contributed by atoms with Crippen molar-refractivity contribution in [3.05, 3.63) is 23.8 Å². The minimum Gasteiger partial charge on any atom is -0.468 e. The Morgan fingerprint density at radius 2 is 1.35 bits per heavy atom. The van der Waals surface area contributed by atoms with E-state index < -0.39 is 24.3 Å². The monoisotopic (exact) mass is 525 g/mol. The largest absolute Gasteiger partial charge is 0.513 e. The molecule has 0 saturated heterocycles. The number of carbonyl (C=O) groups excluding carboxylic acids is 4. The van der Waals surface area contributed by atoms with Gasteiger partial charge in [0.2, 0.25) is 0 Å². The van der Waals surface area contributed by atoms with Gasteiger partial charge in [-0.25, -0.2) is 9.59 Å². The SMILES string of the molecule is COC(=O)[C@H](Cc1ccc(OC(=O)OCC(C)C)c(OC(=O)OCC(C)C)c1)NCCOC(=O)C(C)C. The van der Waals surface area contributed by atoms with Crippen LogP contribution in [0, 0.1) is 17.8 Å². The van der Waals surface area contributed by atoms with E-state index in [0.29, 0.717) is 5.56 Å². The fraction of sp³-hybridized carbons (Fsp3) is 0.615. The average Bonchev–Trinajstić information content (AvgIpc) is 2.83. The highest BCUT2D eigenvalue weighted by atomic mass is 16.7. The van der Waals surface area contributed by atoms with Crippen LogP contribution in [-0.4, -0.2) is 63.8 Å². The van der Waals surface area contributed by atoms with Crippen LogP contribution in [0.5, 0.6) is 11.5 Å². The van der Waals surface area contributed by atoms with Gasteiger partial charge in [0.05, 0.1) is 26.2 Å². The molecule has 1 atom stereocenters. The summed E-state index contributed by atoms with van der Waals surface area (Å²) in [6.45, 7) is 11.5. The fourth-order valence-corrected chi connectivity index (χ4v) is 2.72. The highest BCUT2D eigenvalue weighted by Crippen LogP contribution is 2.30. The van der Waals surface area contributed by atoms with E-state index in [1.165, 1.54) is 19.2 Å². The molecule has 1 aromatic carbocycles. The summed E-state index contributed by atoms with van der Waals surface area (Å²) in [7, 11) is 1.26. The number of nitrogens with one attached hydrogen (secondary N) is 1. The van der Waals surface area contributed by atoms with Crippen molar-refractivity contribution >= 4 is 24.2 Å². The Morgan fingerprint density at radius 1 is 0.784 bits per heavy atom. The highest BCUT2D eigenvalue weighted by Gasteiger charge is 2.22. The third-order valence-electron chi connectivity index (χ3n) is 4.60. The van der Waals surface area contributed by atoms with Crippen LogP contribution in [-0.2, 0) is 35.0 Å². The predicted octanol–water partition coefficient (Wildman–Crippen LogP) is 3.90. The second-order valence-electron chi connectivity index (χ2n) is 9.45. The van der Waals surface area contributed by atoms with Crippen LogP contribution in [0.2, 0.25) is 0 Å². The molecule has 208 valence electrons. The Labute approximate surface area is 218 Å². The van der Waals surface area contributed by atoms with Crippen molar-refractivity contribution < 1.29 is 47.6 Å². The van der Waals surface area contributed by atoms with Crippen LogP contribution < -0.4 is 14.8 Å². The normalized spacial score (nSPS) is 11.7. The second-order valence-corrected chi connectivity index (χ2v) is 9.45. The van der Waals surface area contributed by atoms with E-state index in [1.54, 1.807) is 19.9 Å². The third-order valence-corrected chi connectivity index (χ3v) is 4.60. The Kier molecular flexibility index (Phi) is 14.1. The lowest BCUT2D eigenvalue weighted by Crippen LogP contribution is -2.41. The molecule has 0 amide bonds. The van der Waals surface area contributed by atoms with Crippen LogP contribution >= 0.6 is 0 Å². The van der Waals surface area contributed by atoms with E-state index >= 15 is 0 Å². The second kappa shape index (κ2) is 16.4. The first kappa shape index (κ1) is 31.7. The molecule has 11 heteroatoms. The van der Waals surface area contributed by atoms with Gasteiger partial charge in [-0.05, 0) is 36.0 Å². The number of ether oxygens (including phenoxy) is 6. The Hall–Kier alpha value is -3.34. The summed E-state index contributed by atoms with van der Waals surface area (Å²) in [5.74, 6) is -1.08. The molecule has 0 aliphatic carbocycles. The first-order valence-corrected chi connectivity index (χ1v) is 12.2. The molecule has 0 saturated carbocycles. The van der Waals surface area contributed by atoms with Crippen LogP contribution in [0.1, 0.15) is 47.1 Å². The number of carbonyl (C=O) groups is 4. The van der Waals surface area contributed by atoms with E-state index in [1.807, 2.05) is 27.7 Å². The molecule has 0 heterocycles. The van der Waals surface area contributed by atoms with Gasteiger partial charge in [0.25, 0.3) is 0 Å². The molecular formula is C26H39NO10. The molecule has 1 rings (SSSR count). The molecule has 1 N–H and O–H groups in total. The summed E-state index contributed by atoms with van der Waals surface area (Å²) in [4.78, 5) is 48.2. The molecule has 11 nitrogen and oxygen atoms in total. The first-order valence-electron chi connectivity index (χ1n) is 12.2. The van der Waals surface area contributed by atoms with E-state index in [9.17, 15) is 19.2 Å². The summed E-state index contributed by atoms with van der Waals surface area (Å²) in [6.07, 6.45) is -1.78. The molecule has 0 fully saturated rings. The standard InChI is InChI=1S/C26H39NO10/c1-16(2)14-34-25(30)36-21-9-8-19(13-22(21)37-26(31)35-15-17(3)4)12-20(24(29)32-7)27-10-11-33-23(28)18(5)6/h8-9,13,16-18,20,27H,10-12,14-15H2,1-7H3/t20-/m0/s1.